The molecule has 0 aromatic heterocycles. The molecule has 30 heavy (non-hydrogen) atoms. The second kappa shape index (κ2) is 7.43. The second-order valence-electron chi connectivity index (χ2n) is 8.25. The van der Waals surface area contributed by atoms with Crippen LogP contribution in [-0.4, -0.2) is 49.6 Å². The molecule has 0 aliphatic carbocycles. The zero-order valence-electron chi connectivity index (χ0n) is 17.2. The van der Waals surface area contributed by atoms with Crippen molar-refractivity contribution in [3.8, 4) is 5.75 Å². The van der Waals surface area contributed by atoms with Gasteiger partial charge in [0.25, 0.3) is 0 Å². The Morgan fingerprint density at radius 3 is 2.83 bits per heavy atom. The average Bonchev–Trinajstić information content (AvgIpc) is 3.01. The zero-order chi connectivity index (χ0) is 20.7. The minimum atomic E-state index is -1.21. The molecule has 1 fully saturated rings. The summed E-state index contributed by atoms with van der Waals surface area (Å²) in [6, 6.07) is 16.1. The number of carbonyl (C=O) groups excluding carboxylic acids is 2. The lowest BCUT2D eigenvalue weighted by molar-refractivity contribution is -0.160. The number of rotatable bonds is 4. The fourth-order valence-electron chi connectivity index (χ4n) is 5.22. The SMILES string of the molecule is CCOC(=O)[C@@]12CN(Cc3ccccc3)C[C@@H]1c1cccc3c1N(CCCO3)C2=O. The van der Waals surface area contributed by atoms with Crippen LogP contribution in [0.25, 0.3) is 0 Å². The molecule has 6 nitrogen and oxygen atoms in total. The van der Waals surface area contributed by atoms with Crippen LogP contribution < -0.4 is 9.64 Å². The van der Waals surface area contributed by atoms with Gasteiger partial charge in [0.1, 0.15) is 5.75 Å². The maximum absolute atomic E-state index is 13.9. The van der Waals surface area contributed by atoms with E-state index in [9.17, 15) is 9.59 Å². The molecule has 0 bridgehead atoms. The van der Waals surface area contributed by atoms with Crippen molar-refractivity contribution in [3.05, 3.63) is 59.7 Å². The number of carbonyl (C=O) groups is 2. The molecular weight excluding hydrogens is 380 g/mol. The topological polar surface area (TPSA) is 59.1 Å². The number of anilines is 1. The van der Waals surface area contributed by atoms with Crippen LogP contribution in [0.2, 0.25) is 0 Å². The largest absolute Gasteiger partial charge is 0.491 e. The minimum absolute atomic E-state index is 0.146. The van der Waals surface area contributed by atoms with E-state index < -0.39 is 11.4 Å². The van der Waals surface area contributed by atoms with Crippen LogP contribution in [-0.2, 0) is 20.9 Å². The molecule has 0 N–H and O–H groups in total. The number of likely N-dealkylation sites (tertiary alicyclic amines) is 1. The van der Waals surface area contributed by atoms with Gasteiger partial charge in [0.05, 0.1) is 18.9 Å². The summed E-state index contributed by atoms with van der Waals surface area (Å²) in [5.41, 5.74) is 1.81. The maximum atomic E-state index is 13.9. The number of hydrogen-bond donors (Lipinski definition) is 0. The van der Waals surface area contributed by atoms with Crippen molar-refractivity contribution >= 4 is 17.6 Å². The number of nitrogens with zero attached hydrogens (tertiary/aromatic N) is 2. The molecule has 2 atom stereocenters. The number of benzene rings is 2. The Labute approximate surface area is 176 Å². The molecule has 2 aromatic rings. The first-order chi connectivity index (χ1) is 14.6. The standard InChI is InChI=1S/C24H26N2O4/c1-2-29-23(28)24-16-25(14-17-8-4-3-5-9-17)15-19(24)18-10-6-11-20-21(18)26(22(24)27)12-7-13-30-20/h3-6,8-11,19H,2,7,12-16H2,1H3/t19-,24+/m1/s1. The summed E-state index contributed by atoms with van der Waals surface area (Å²) in [5.74, 6) is -0.0678. The van der Waals surface area contributed by atoms with E-state index in [1.165, 1.54) is 0 Å². The summed E-state index contributed by atoms with van der Waals surface area (Å²) < 4.78 is 11.4. The molecule has 6 heteroatoms. The number of ether oxygens (including phenoxy) is 2. The number of amides is 1. The molecule has 1 amide bonds. The lowest BCUT2D eigenvalue weighted by Gasteiger charge is -2.42. The first-order valence-corrected chi connectivity index (χ1v) is 10.7. The van der Waals surface area contributed by atoms with Crippen molar-refractivity contribution in [2.75, 3.05) is 37.7 Å². The van der Waals surface area contributed by atoms with Gasteiger partial charge in [-0.1, -0.05) is 42.5 Å². The van der Waals surface area contributed by atoms with Gasteiger partial charge < -0.3 is 14.4 Å². The predicted octanol–water partition coefficient (Wildman–Crippen LogP) is 2.96. The average molecular weight is 406 g/mol. The van der Waals surface area contributed by atoms with Crippen LogP contribution in [0.4, 0.5) is 5.69 Å². The Kier molecular flexibility index (Phi) is 4.74. The molecular formula is C24H26N2O4. The molecule has 0 unspecified atom stereocenters. The van der Waals surface area contributed by atoms with Gasteiger partial charge in [0, 0.05) is 32.1 Å². The number of fused-ring (bicyclic) bond motifs is 2. The second-order valence-corrected chi connectivity index (χ2v) is 8.25. The highest BCUT2D eigenvalue weighted by atomic mass is 16.5. The molecule has 156 valence electrons. The highest BCUT2D eigenvalue weighted by Gasteiger charge is 2.63. The van der Waals surface area contributed by atoms with Crippen LogP contribution in [0.1, 0.15) is 30.4 Å². The summed E-state index contributed by atoms with van der Waals surface area (Å²) in [6.45, 7) is 4.85. The van der Waals surface area contributed by atoms with Crippen molar-refractivity contribution in [2.24, 2.45) is 5.41 Å². The number of para-hydroxylation sites is 1. The van der Waals surface area contributed by atoms with E-state index in [1.54, 1.807) is 11.8 Å². The van der Waals surface area contributed by atoms with E-state index in [2.05, 4.69) is 17.0 Å². The summed E-state index contributed by atoms with van der Waals surface area (Å²) >= 11 is 0. The fourth-order valence-corrected chi connectivity index (χ4v) is 5.22. The number of esters is 1. The molecule has 0 saturated carbocycles. The highest BCUT2D eigenvalue weighted by molar-refractivity contribution is 6.14. The van der Waals surface area contributed by atoms with Gasteiger partial charge >= 0.3 is 5.97 Å². The quantitative estimate of drug-likeness (QED) is 0.577. The molecule has 2 aromatic carbocycles. The molecule has 3 heterocycles. The van der Waals surface area contributed by atoms with Crippen molar-refractivity contribution in [2.45, 2.75) is 25.8 Å². The van der Waals surface area contributed by atoms with Crippen molar-refractivity contribution in [1.29, 1.82) is 0 Å². The normalized spacial score (nSPS) is 25.2. The highest BCUT2D eigenvalue weighted by Crippen LogP contribution is 2.55. The zero-order valence-corrected chi connectivity index (χ0v) is 17.2. The van der Waals surface area contributed by atoms with Gasteiger partial charge in [0.15, 0.2) is 5.41 Å². The Bertz CT molecular complexity index is 976. The van der Waals surface area contributed by atoms with Crippen LogP contribution >= 0.6 is 0 Å². The van der Waals surface area contributed by atoms with Crippen molar-refractivity contribution in [3.63, 3.8) is 0 Å². The third kappa shape index (κ3) is 2.82. The smallest absolute Gasteiger partial charge is 0.323 e. The summed E-state index contributed by atoms with van der Waals surface area (Å²) in [7, 11) is 0. The summed E-state index contributed by atoms with van der Waals surface area (Å²) in [5, 5.41) is 0. The monoisotopic (exact) mass is 406 g/mol. The van der Waals surface area contributed by atoms with Crippen LogP contribution in [0, 0.1) is 5.41 Å². The van der Waals surface area contributed by atoms with Crippen LogP contribution in [0.3, 0.4) is 0 Å². The van der Waals surface area contributed by atoms with Crippen molar-refractivity contribution < 1.29 is 19.1 Å². The summed E-state index contributed by atoms with van der Waals surface area (Å²) in [6.07, 6.45) is 0.733. The van der Waals surface area contributed by atoms with E-state index in [1.807, 2.05) is 36.4 Å². The van der Waals surface area contributed by atoms with E-state index in [4.69, 9.17) is 9.47 Å². The third-order valence-electron chi connectivity index (χ3n) is 6.48. The van der Waals surface area contributed by atoms with Gasteiger partial charge in [-0.05, 0) is 30.5 Å². The molecule has 3 aliphatic heterocycles. The summed E-state index contributed by atoms with van der Waals surface area (Å²) in [4.78, 5) is 31.2. The van der Waals surface area contributed by atoms with Gasteiger partial charge in [-0.3, -0.25) is 14.5 Å². The minimum Gasteiger partial charge on any atom is -0.491 e. The van der Waals surface area contributed by atoms with Gasteiger partial charge in [0.2, 0.25) is 5.91 Å². The Morgan fingerprint density at radius 1 is 1.20 bits per heavy atom. The van der Waals surface area contributed by atoms with Gasteiger partial charge in [-0.25, -0.2) is 0 Å². The molecule has 1 saturated heterocycles. The fraction of sp³-hybridized carbons (Fsp3) is 0.417. The first kappa shape index (κ1) is 19.1. The molecule has 0 spiro atoms. The lowest BCUT2D eigenvalue weighted by atomic mass is 9.70. The van der Waals surface area contributed by atoms with E-state index >= 15 is 0 Å². The Balaban J connectivity index is 1.61. The molecule has 5 rings (SSSR count). The Hall–Kier alpha value is -2.86. The van der Waals surface area contributed by atoms with E-state index in [0.29, 0.717) is 32.8 Å². The van der Waals surface area contributed by atoms with Gasteiger partial charge in [-0.15, -0.1) is 0 Å². The maximum Gasteiger partial charge on any atom is 0.323 e. The molecule has 0 radical (unpaired) electrons. The Morgan fingerprint density at radius 2 is 2.03 bits per heavy atom. The lowest BCUT2D eigenvalue weighted by Crippen LogP contribution is -2.56. The predicted molar refractivity (Wildman–Crippen MR) is 112 cm³/mol. The van der Waals surface area contributed by atoms with E-state index in [0.717, 1.165) is 29.0 Å². The third-order valence-corrected chi connectivity index (χ3v) is 6.48. The van der Waals surface area contributed by atoms with Crippen molar-refractivity contribution in [1.82, 2.24) is 4.90 Å². The number of hydrogen-bond acceptors (Lipinski definition) is 5. The van der Waals surface area contributed by atoms with Crippen LogP contribution in [0.5, 0.6) is 5.75 Å². The van der Waals surface area contributed by atoms with E-state index in [-0.39, 0.29) is 18.4 Å². The molecule has 3 aliphatic rings. The van der Waals surface area contributed by atoms with Gasteiger partial charge in [-0.2, -0.15) is 0 Å². The van der Waals surface area contributed by atoms with Crippen LogP contribution in [0.15, 0.2) is 48.5 Å². The first-order valence-electron chi connectivity index (χ1n) is 10.7.